The van der Waals surface area contributed by atoms with Crippen molar-refractivity contribution in [1.82, 2.24) is 0 Å². The van der Waals surface area contributed by atoms with Crippen LogP contribution in [0.5, 0.6) is 0 Å². The van der Waals surface area contributed by atoms with Crippen LogP contribution < -0.4 is 0 Å². The quantitative estimate of drug-likeness (QED) is 0.301. The van der Waals surface area contributed by atoms with Crippen molar-refractivity contribution in [3.63, 3.8) is 0 Å². The highest BCUT2D eigenvalue weighted by molar-refractivity contribution is 7.75. The number of allylic oxidation sites excluding steroid dienone is 2. The van der Waals surface area contributed by atoms with Crippen LogP contribution in [-0.4, -0.2) is 24.8 Å². The first-order chi connectivity index (χ1) is 8.02. The third-order valence-electron chi connectivity index (χ3n) is 1.77. The second-order valence-electron chi connectivity index (χ2n) is 2.66. The van der Waals surface area contributed by atoms with Crippen molar-refractivity contribution in [2.24, 2.45) is 10.2 Å². The molecule has 1 aliphatic carbocycles. The van der Waals surface area contributed by atoms with E-state index in [4.69, 9.17) is 11.1 Å². The van der Waals surface area contributed by atoms with Gasteiger partial charge in [0.05, 0.1) is 17.8 Å². The zero-order chi connectivity index (χ0) is 13.0. The van der Waals surface area contributed by atoms with Crippen molar-refractivity contribution in [2.45, 2.75) is 6.42 Å². The SMILES string of the molecule is [N-]=[N+]=NC1=C(N=[N+]=[N-])C(=O)C(=S(=O)=O)CC1=O. The fourth-order valence-corrected chi connectivity index (χ4v) is 1.60. The van der Waals surface area contributed by atoms with E-state index in [9.17, 15) is 18.0 Å². The molecule has 0 aromatic carbocycles. The Kier molecular flexibility index (Phi) is 3.62. The molecular weight excluding hydrogens is 252 g/mol. The number of hydrogen-bond donors (Lipinski definition) is 0. The van der Waals surface area contributed by atoms with Crippen molar-refractivity contribution < 1.29 is 18.0 Å². The Morgan fingerprint density at radius 3 is 2.06 bits per heavy atom. The van der Waals surface area contributed by atoms with E-state index in [0.29, 0.717) is 0 Å². The van der Waals surface area contributed by atoms with E-state index in [0.717, 1.165) is 0 Å². The molecule has 0 N–H and O–H groups in total. The predicted molar refractivity (Wildman–Crippen MR) is 53.9 cm³/mol. The first-order valence-corrected chi connectivity index (χ1v) is 4.97. The van der Waals surface area contributed by atoms with E-state index in [-0.39, 0.29) is 0 Å². The number of ketones is 2. The van der Waals surface area contributed by atoms with E-state index < -0.39 is 44.5 Å². The highest BCUT2D eigenvalue weighted by Crippen LogP contribution is 2.20. The maximum atomic E-state index is 11.5. The van der Waals surface area contributed by atoms with Gasteiger partial charge in [0.25, 0.3) is 0 Å². The number of carbonyl (C=O) groups is 2. The molecular formula is C6H2N6O4S. The minimum Gasteiger partial charge on any atom is -0.294 e. The number of Topliss-reactive ketones (excluding diaryl/α,β-unsaturated/α-hetero) is 2. The zero-order valence-electron chi connectivity index (χ0n) is 7.93. The van der Waals surface area contributed by atoms with Gasteiger partial charge in [0.15, 0.2) is 5.78 Å². The van der Waals surface area contributed by atoms with Crippen LogP contribution in [0.25, 0.3) is 20.9 Å². The lowest BCUT2D eigenvalue weighted by molar-refractivity contribution is -0.117. The number of rotatable bonds is 2. The van der Waals surface area contributed by atoms with Gasteiger partial charge < -0.3 is 0 Å². The minimum absolute atomic E-state index is 0.676. The average Bonchev–Trinajstić information content (AvgIpc) is 2.27. The molecule has 0 saturated heterocycles. The topological polar surface area (TPSA) is 166 Å². The summed E-state index contributed by atoms with van der Waals surface area (Å²) in [7, 11) is -2.90. The summed E-state index contributed by atoms with van der Waals surface area (Å²) in [5, 5.41) is 5.80. The van der Waals surface area contributed by atoms with Crippen molar-refractivity contribution in [2.75, 3.05) is 0 Å². The van der Waals surface area contributed by atoms with Crippen LogP contribution in [-0.2, 0) is 19.9 Å². The second kappa shape index (κ2) is 4.94. The van der Waals surface area contributed by atoms with Crippen molar-refractivity contribution in [3.05, 3.63) is 32.3 Å². The second-order valence-corrected chi connectivity index (χ2v) is 3.63. The van der Waals surface area contributed by atoms with Crippen LogP contribution in [0.4, 0.5) is 0 Å². The van der Waals surface area contributed by atoms with E-state index in [1.807, 2.05) is 0 Å². The summed E-state index contributed by atoms with van der Waals surface area (Å²) in [4.78, 5) is 26.7. The highest BCUT2D eigenvalue weighted by Gasteiger charge is 2.31. The fourth-order valence-electron chi connectivity index (χ4n) is 1.10. The van der Waals surface area contributed by atoms with Crippen LogP contribution in [0.15, 0.2) is 21.6 Å². The molecule has 0 bridgehead atoms. The smallest absolute Gasteiger partial charge is 0.221 e. The van der Waals surface area contributed by atoms with Crippen molar-refractivity contribution >= 4 is 26.7 Å². The zero-order valence-corrected chi connectivity index (χ0v) is 8.75. The molecule has 11 heteroatoms. The first kappa shape index (κ1) is 12.5. The van der Waals surface area contributed by atoms with Gasteiger partial charge in [-0.2, -0.15) is 8.42 Å². The summed E-state index contributed by atoms with van der Waals surface area (Å²) < 4.78 is 21.3. The van der Waals surface area contributed by atoms with Gasteiger partial charge in [-0.1, -0.05) is 10.2 Å². The van der Waals surface area contributed by atoms with Gasteiger partial charge in [-0.25, -0.2) is 0 Å². The molecule has 0 aromatic heterocycles. The molecule has 10 nitrogen and oxygen atoms in total. The lowest BCUT2D eigenvalue weighted by atomic mass is 9.99. The lowest BCUT2D eigenvalue weighted by Crippen LogP contribution is -2.28. The van der Waals surface area contributed by atoms with Crippen LogP contribution in [0.3, 0.4) is 0 Å². The van der Waals surface area contributed by atoms with E-state index >= 15 is 0 Å². The van der Waals surface area contributed by atoms with Gasteiger partial charge in [-0.15, -0.1) is 0 Å². The molecule has 0 spiro atoms. The summed E-state index contributed by atoms with van der Waals surface area (Å²) in [5.41, 5.74) is 14.9. The Labute approximate surface area is 94.3 Å². The van der Waals surface area contributed by atoms with Gasteiger partial charge in [0.1, 0.15) is 4.86 Å². The van der Waals surface area contributed by atoms with Crippen LogP contribution in [0.1, 0.15) is 6.42 Å². The largest absolute Gasteiger partial charge is 0.294 e. The maximum Gasteiger partial charge on any atom is 0.221 e. The van der Waals surface area contributed by atoms with Crippen LogP contribution in [0.2, 0.25) is 0 Å². The molecule has 86 valence electrons. The van der Waals surface area contributed by atoms with Gasteiger partial charge in [0.2, 0.25) is 16.1 Å². The fraction of sp³-hybridized carbons (Fsp3) is 0.167. The van der Waals surface area contributed by atoms with Crippen LogP contribution >= 0.6 is 0 Å². The van der Waals surface area contributed by atoms with E-state index in [2.05, 4.69) is 20.1 Å². The monoisotopic (exact) mass is 254 g/mol. The first-order valence-electron chi connectivity index (χ1n) is 3.90. The van der Waals surface area contributed by atoms with E-state index in [1.165, 1.54) is 0 Å². The molecule has 0 atom stereocenters. The number of hydrogen-bond acceptors (Lipinski definition) is 6. The van der Waals surface area contributed by atoms with Gasteiger partial charge in [-0.05, 0) is 11.1 Å². The molecule has 1 rings (SSSR count). The highest BCUT2D eigenvalue weighted by atomic mass is 32.2. The molecule has 0 unspecified atom stereocenters. The van der Waals surface area contributed by atoms with Gasteiger partial charge >= 0.3 is 0 Å². The Morgan fingerprint density at radius 2 is 1.59 bits per heavy atom. The van der Waals surface area contributed by atoms with Gasteiger partial charge in [-0.3, -0.25) is 9.59 Å². The molecule has 0 amide bonds. The summed E-state index contributed by atoms with van der Waals surface area (Å²) in [5.74, 6) is -2.04. The lowest BCUT2D eigenvalue weighted by Gasteiger charge is -2.10. The van der Waals surface area contributed by atoms with Crippen molar-refractivity contribution in [3.8, 4) is 0 Å². The Bertz CT molecular complexity index is 665. The molecule has 0 radical (unpaired) electrons. The normalized spacial score (nSPS) is 15.2. The molecule has 0 aliphatic heterocycles. The predicted octanol–water partition coefficient (Wildman–Crippen LogP) is 0.412. The summed E-state index contributed by atoms with van der Waals surface area (Å²) in [6.07, 6.45) is -0.715. The molecule has 1 aliphatic rings. The van der Waals surface area contributed by atoms with Crippen LogP contribution in [0, 0.1) is 0 Å². The van der Waals surface area contributed by atoms with Gasteiger partial charge in [0, 0.05) is 9.82 Å². The summed E-state index contributed by atoms with van der Waals surface area (Å²) in [6.45, 7) is 0. The molecule has 0 fully saturated rings. The standard InChI is InChI=1S/C6H2N6O4S/c7-11-9-4-2(13)1-3(17(15)16)6(14)5(4)10-12-8/h1H2. The Morgan fingerprint density at radius 1 is 1.06 bits per heavy atom. The molecule has 0 saturated carbocycles. The molecule has 0 aromatic rings. The number of nitrogens with zero attached hydrogens (tertiary/aromatic N) is 6. The third kappa shape index (κ3) is 2.32. The number of azide groups is 2. The average molecular weight is 254 g/mol. The Balaban J connectivity index is 3.67. The summed E-state index contributed by atoms with van der Waals surface area (Å²) in [6, 6.07) is 0. The Hall–Kier alpha value is -2.61. The van der Waals surface area contributed by atoms with E-state index in [1.54, 1.807) is 0 Å². The summed E-state index contributed by atoms with van der Waals surface area (Å²) >= 11 is 0. The number of carbonyl (C=O) groups excluding carboxylic acids is 2. The van der Waals surface area contributed by atoms with Crippen molar-refractivity contribution in [1.29, 1.82) is 0 Å². The molecule has 17 heavy (non-hydrogen) atoms. The minimum atomic E-state index is -2.90. The third-order valence-corrected chi connectivity index (χ3v) is 2.50. The molecule has 0 heterocycles. The maximum absolute atomic E-state index is 11.5.